The summed E-state index contributed by atoms with van der Waals surface area (Å²) in [5.74, 6) is -0.226. The summed E-state index contributed by atoms with van der Waals surface area (Å²) >= 11 is 0. The van der Waals surface area contributed by atoms with Crippen LogP contribution in [0.3, 0.4) is 0 Å². The smallest absolute Gasteiger partial charge is 0.306 e. The van der Waals surface area contributed by atoms with Gasteiger partial charge in [0.25, 0.3) is 0 Å². The van der Waals surface area contributed by atoms with Gasteiger partial charge in [0.15, 0.2) is 0 Å². The summed E-state index contributed by atoms with van der Waals surface area (Å²) in [6.45, 7) is 3.84. The van der Waals surface area contributed by atoms with Crippen LogP contribution in [-0.4, -0.2) is 11.1 Å². The van der Waals surface area contributed by atoms with E-state index >= 15 is 0 Å². The van der Waals surface area contributed by atoms with Crippen LogP contribution in [0.25, 0.3) is 0 Å². The number of hydrogen-bond donors (Lipinski definition) is 1. The molecule has 2 nitrogen and oxygen atoms in total. The molecule has 1 N–H and O–H groups in total. The lowest BCUT2D eigenvalue weighted by atomic mass is 9.87. The molecule has 1 saturated carbocycles. The molecule has 0 spiro atoms. The molecule has 0 radical (unpaired) electrons. The first-order chi connectivity index (χ1) is 7.09. The first-order valence-electron chi connectivity index (χ1n) is 5.99. The summed E-state index contributed by atoms with van der Waals surface area (Å²) in [7, 11) is 0. The van der Waals surface area contributed by atoms with Crippen molar-refractivity contribution in [2.24, 2.45) is 11.8 Å². The molecule has 15 heavy (non-hydrogen) atoms. The highest BCUT2D eigenvalue weighted by atomic mass is 16.4. The minimum absolute atomic E-state index is 0.246. The van der Waals surface area contributed by atoms with Crippen LogP contribution >= 0.6 is 0 Å². The van der Waals surface area contributed by atoms with Gasteiger partial charge in [0.2, 0.25) is 0 Å². The van der Waals surface area contributed by atoms with E-state index in [1.807, 2.05) is 0 Å². The second kappa shape index (κ2) is 5.94. The van der Waals surface area contributed by atoms with Gasteiger partial charge in [-0.3, -0.25) is 4.79 Å². The summed E-state index contributed by atoms with van der Waals surface area (Å²) in [5, 5.41) is 8.81. The molecule has 1 fully saturated rings. The molecule has 1 aliphatic rings. The molecular formula is C13H22O2. The van der Waals surface area contributed by atoms with Crippen molar-refractivity contribution in [3.05, 3.63) is 11.6 Å². The Balaban J connectivity index is 2.40. The van der Waals surface area contributed by atoms with Gasteiger partial charge in [0.1, 0.15) is 0 Å². The monoisotopic (exact) mass is 210 g/mol. The number of allylic oxidation sites excluding steroid dienone is 2. The standard InChI is InChI=1S/C13H22O2/c1-10(8-11(2)13(14)15)9-12-6-4-3-5-7-12/h9,11-12H,3-8H2,1-2H3,(H,14,15)/b10-9+. The lowest BCUT2D eigenvalue weighted by Crippen LogP contribution is -2.10. The number of hydrogen-bond acceptors (Lipinski definition) is 1. The first kappa shape index (κ1) is 12.3. The van der Waals surface area contributed by atoms with E-state index in [1.165, 1.54) is 37.7 Å². The third-order valence-electron chi connectivity index (χ3n) is 3.22. The Labute approximate surface area is 92.4 Å². The van der Waals surface area contributed by atoms with Crippen molar-refractivity contribution < 1.29 is 9.90 Å². The van der Waals surface area contributed by atoms with Gasteiger partial charge in [0, 0.05) is 0 Å². The van der Waals surface area contributed by atoms with E-state index < -0.39 is 5.97 Å². The van der Waals surface area contributed by atoms with Crippen molar-refractivity contribution in [1.29, 1.82) is 0 Å². The van der Waals surface area contributed by atoms with E-state index in [9.17, 15) is 4.79 Å². The second-order valence-corrected chi connectivity index (χ2v) is 4.85. The Morgan fingerprint density at radius 3 is 2.53 bits per heavy atom. The molecule has 0 aromatic rings. The molecule has 0 aliphatic heterocycles. The minimum atomic E-state index is -0.689. The highest BCUT2D eigenvalue weighted by Crippen LogP contribution is 2.26. The SMILES string of the molecule is C/C(=C\C1CCCCC1)CC(C)C(=O)O. The number of carboxylic acids is 1. The van der Waals surface area contributed by atoms with Gasteiger partial charge in [-0.05, 0) is 32.1 Å². The second-order valence-electron chi connectivity index (χ2n) is 4.85. The van der Waals surface area contributed by atoms with Gasteiger partial charge in [-0.2, -0.15) is 0 Å². The highest BCUT2D eigenvalue weighted by molar-refractivity contribution is 5.69. The van der Waals surface area contributed by atoms with Crippen LogP contribution in [0.5, 0.6) is 0 Å². The van der Waals surface area contributed by atoms with E-state index in [2.05, 4.69) is 13.0 Å². The molecule has 0 bridgehead atoms. The third-order valence-corrected chi connectivity index (χ3v) is 3.22. The lowest BCUT2D eigenvalue weighted by molar-refractivity contribution is -0.141. The van der Waals surface area contributed by atoms with Crippen molar-refractivity contribution in [3.8, 4) is 0 Å². The zero-order chi connectivity index (χ0) is 11.3. The van der Waals surface area contributed by atoms with Crippen molar-refractivity contribution in [2.75, 3.05) is 0 Å². The van der Waals surface area contributed by atoms with E-state index in [1.54, 1.807) is 6.92 Å². The molecule has 0 saturated heterocycles. The Morgan fingerprint density at radius 2 is 2.00 bits per heavy atom. The van der Waals surface area contributed by atoms with E-state index in [-0.39, 0.29) is 5.92 Å². The average molecular weight is 210 g/mol. The van der Waals surface area contributed by atoms with E-state index in [0.29, 0.717) is 12.3 Å². The van der Waals surface area contributed by atoms with Crippen molar-refractivity contribution in [2.45, 2.75) is 52.4 Å². The predicted octanol–water partition coefficient (Wildman–Crippen LogP) is 3.62. The average Bonchev–Trinajstić information content (AvgIpc) is 2.18. The normalized spacial score (nSPS) is 21.3. The Bertz CT molecular complexity index is 237. The molecule has 1 aliphatic carbocycles. The van der Waals surface area contributed by atoms with Crippen LogP contribution in [0.2, 0.25) is 0 Å². The maximum atomic E-state index is 10.7. The van der Waals surface area contributed by atoms with Crippen LogP contribution in [0, 0.1) is 11.8 Å². The Morgan fingerprint density at radius 1 is 1.40 bits per heavy atom. The molecule has 1 rings (SSSR count). The molecule has 1 unspecified atom stereocenters. The largest absolute Gasteiger partial charge is 0.481 e. The van der Waals surface area contributed by atoms with Crippen molar-refractivity contribution in [1.82, 2.24) is 0 Å². The van der Waals surface area contributed by atoms with Gasteiger partial charge in [-0.1, -0.05) is 37.8 Å². The number of aliphatic carboxylic acids is 1. The maximum absolute atomic E-state index is 10.7. The fourth-order valence-corrected chi connectivity index (χ4v) is 2.34. The minimum Gasteiger partial charge on any atom is -0.481 e. The molecule has 2 heteroatoms. The zero-order valence-electron chi connectivity index (χ0n) is 9.83. The topological polar surface area (TPSA) is 37.3 Å². The Hall–Kier alpha value is -0.790. The zero-order valence-corrected chi connectivity index (χ0v) is 9.83. The number of carbonyl (C=O) groups is 1. The molecular weight excluding hydrogens is 188 g/mol. The first-order valence-corrected chi connectivity index (χ1v) is 5.99. The number of carboxylic acid groups (broad SMARTS) is 1. The fourth-order valence-electron chi connectivity index (χ4n) is 2.34. The van der Waals surface area contributed by atoms with Crippen LogP contribution in [0.4, 0.5) is 0 Å². The van der Waals surface area contributed by atoms with Gasteiger partial charge < -0.3 is 5.11 Å². The van der Waals surface area contributed by atoms with Gasteiger partial charge >= 0.3 is 5.97 Å². The van der Waals surface area contributed by atoms with Gasteiger partial charge in [-0.25, -0.2) is 0 Å². The van der Waals surface area contributed by atoms with Crippen LogP contribution in [0.15, 0.2) is 11.6 Å². The highest BCUT2D eigenvalue weighted by Gasteiger charge is 2.14. The third kappa shape index (κ3) is 4.50. The Kier molecular flexibility index (Phi) is 4.86. The summed E-state index contributed by atoms with van der Waals surface area (Å²) in [6, 6.07) is 0. The molecule has 0 amide bonds. The molecule has 0 aromatic heterocycles. The summed E-state index contributed by atoms with van der Waals surface area (Å²) in [4.78, 5) is 10.7. The van der Waals surface area contributed by atoms with Crippen LogP contribution in [0.1, 0.15) is 52.4 Å². The van der Waals surface area contributed by atoms with Gasteiger partial charge in [-0.15, -0.1) is 0 Å². The lowest BCUT2D eigenvalue weighted by Gasteiger charge is -2.19. The summed E-state index contributed by atoms with van der Waals surface area (Å²) < 4.78 is 0. The quantitative estimate of drug-likeness (QED) is 0.719. The maximum Gasteiger partial charge on any atom is 0.306 e. The fraction of sp³-hybridized carbons (Fsp3) is 0.769. The van der Waals surface area contributed by atoms with Crippen molar-refractivity contribution >= 4 is 5.97 Å². The van der Waals surface area contributed by atoms with Crippen LogP contribution in [-0.2, 0) is 4.79 Å². The number of rotatable bonds is 4. The summed E-state index contributed by atoms with van der Waals surface area (Å²) in [6.07, 6.45) is 9.63. The van der Waals surface area contributed by atoms with E-state index in [4.69, 9.17) is 5.11 Å². The molecule has 1 atom stereocenters. The van der Waals surface area contributed by atoms with Crippen molar-refractivity contribution in [3.63, 3.8) is 0 Å². The van der Waals surface area contributed by atoms with Gasteiger partial charge in [0.05, 0.1) is 5.92 Å². The molecule has 0 aromatic carbocycles. The van der Waals surface area contributed by atoms with Crippen LogP contribution < -0.4 is 0 Å². The summed E-state index contributed by atoms with van der Waals surface area (Å²) in [5.41, 5.74) is 1.25. The molecule has 86 valence electrons. The van der Waals surface area contributed by atoms with E-state index in [0.717, 1.165) is 0 Å². The molecule has 0 heterocycles. The predicted molar refractivity (Wildman–Crippen MR) is 61.7 cm³/mol.